The van der Waals surface area contributed by atoms with Crippen LogP contribution in [0, 0.1) is 5.92 Å². The molecule has 0 bridgehead atoms. The number of amides is 2. The summed E-state index contributed by atoms with van der Waals surface area (Å²) in [6.07, 6.45) is 0.521. The smallest absolute Gasteiger partial charge is 0.229 e. The first kappa shape index (κ1) is 9.38. The maximum absolute atomic E-state index is 10.8. The minimum absolute atomic E-state index is 0.0696. The van der Waals surface area contributed by atoms with Gasteiger partial charge in [-0.3, -0.25) is 9.59 Å². The van der Waals surface area contributed by atoms with Gasteiger partial charge in [0.25, 0.3) is 0 Å². The van der Waals surface area contributed by atoms with E-state index in [1.807, 2.05) is 0 Å². The van der Waals surface area contributed by atoms with Crippen molar-refractivity contribution in [3.05, 3.63) is 0 Å². The maximum Gasteiger partial charge on any atom is 0.229 e. The molecule has 0 saturated carbocycles. The molecule has 0 spiro atoms. The van der Waals surface area contributed by atoms with Gasteiger partial charge in [0.05, 0.1) is 5.75 Å². The van der Waals surface area contributed by atoms with Crippen LogP contribution in [0.2, 0.25) is 0 Å². The summed E-state index contributed by atoms with van der Waals surface area (Å²) < 4.78 is 0. The van der Waals surface area contributed by atoms with E-state index in [0.29, 0.717) is 19.5 Å². The van der Waals surface area contributed by atoms with E-state index in [1.54, 1.807) is 0 Å². The molecule has 1 saturated heterocycles. The average Bonchev–Trinajstić information content (AvgIpc) is 2.47. The third-order valence-electron chi connectivity index (χ3n) is 1.79. The minimum Gasteiger partial charge on any atom is -0.356 e. The summed E-state index contributed by atoms with van der Waals surface area (Å²) in [4.78, 5) is 21.5. The summed E-state index contributed by atoms with van der Waals surface area (Å²) in [7, 11) is 0. The van der Waals surface area contributed by atoms with Crippen molar-refractivity contribution in [2.45, 2.75) is 6.42 Å². The summed E-state index contributed by atoms with van der Waals surface area (Å²) in [5.74, 6) is 0.438. The van der Waals surface area contributed by atoms with Crippen LogP contribution in [-0.2, 0) is 9.59 Å². The molecule has 2 amide bonds. The van der Waals surface area contributed by atoms with Gasteiger partial charge in [-0.1, -0.05) is 0 Å². The van der Waals surface area contributed by atoms with Crippen molar-refractivity contribution in [3.8, 4) is 0 Å². The van der Waals surface area contributed by atoms with Crippen molar-refractivity contribution >= 4 is 24.4 Å². The molecule has 1 rings (SSSR count). The Bertz CT molecular complexity index is 196. The second-order valence-corrected chi connectivity index (χ2v) is 3.15. The Labute approximate surface area is 76.5 Å². The number of carbonyl (C=O) groups excluding carboxylic acids is 2. The first-order valence-electron chi connectivity index (χ1n) is 3.86. The van der Waals surface area contributed by atoms with Gasteiger partial charge in [0.15, 0.2) is 0 Å². The van der Waals surface area contributed by atoms with Gasteiger partial charge in [0.1, 0.15) is 0 Å². The second kappa shape index (κ2) is 4.35. The fourth-order valence-electron chi connectivity index (χ4n) is 1.12. The SMILES string of the molecule is O=C(CS)NCC1CNC(=O)C1. The Balaban J connectivity index is 2.16. The van der Waals surface area contributed by atoms with Crippen molar-refractivity contribution < 1.29 is 9.59 Å². The third-order valence-corrected chi connectivity index (χ3v) is 2.08. The molecule has 4 nitrogen and oxygen atoms in total. The van der Waals surface area contributed by atoms with Crippen LogP contribution < -0.4 is 10.6 Å². The molecule has 68 valence electrons. The zero-order valence-electron chi connectivity index (χ0n) is 6.67. The number of hydrogen-bond donors (Lipinski definition) is 3. The third kappa shape index (κ3) is 2.73. The standard InChI is InChI=1S/C7H12N2O2S/c10-6-1-5(2-8-6)3-9-7(11)4-12/h5,12H,1-4H2,(H,8,10)(H,9,11). The van der Waals surface area contributed by atoms with E-state index < -0.39 is 0 Å². The lowest BCUT2D eigenvalue weighted by Crippen LogP contribution is -2.30. The molecule has 1 heterocycles. The highest BCUT2D eigenvalue weighted by atomic mass is 32.1. The molecule has 0 radical (unpaired) electrons. The Morgan fingerprint density at radius 1 is 1.75 bits per heavy atom. The summed E-state index contributed by atoms with van der Waals surface area (Å²) in [6, 6.07) is 0. The van der Waals surface area contributed by atoms with Gasteiger partial charge in [-0.15, -0.1) is 0 Å². The number of nitrogens with one attached hydrogen (secondary N) is 2. The molecule has 1 unspecified atom stereocenters. The lowest BCUT2D eigenvalue weighted by atomic mass is 10.1. The van der Waals surface area contributed by atoms with Crippen molar-refractivity contribution in [3.63, 3.8) is 0 Å². The van der Waals surface area contributed by atoms with E-state index in [0.717, 1.165) is 0 Å². The highest BCUT2D eigenvalue weighted by Gasteiger charge is 2.21. The lowest BCUT2D eigenvalue weighted by Gasteiger charge is -2.07. The Morgan fingerprint density at radius 3 is 3.00 bits per heavy atom. The van der Waals surface area contributed by atoms with Crippen LogP contribution in [0.4, 0.5) is 0 Å². The zero-order chi connectivity index (χ0) is 8.97. The van der Waals surface area contributed by atoms with Gasteiger partial charge in [-0.25, -0.2) is 0 Å². The molecule has 0 aromatic heterocycles. The van der Waals surface area contributed by atoms with E-state index in [1.165, 1.54) is 0 Å². The lowest BCUT2D eigenvalue weighted by molar-refractivity contribution is -0.120. The molecule has 1 fully saturated rings. The average molecular weight is 188 g/mol. The summed E-state index contributed by atoms with van der Waals surface area (Å²) in [6.45, 7) is 1.24. The summed E-state index contributed by atoms with van der Waals surface area (Å²) >= 11 is 3.82. The Morgan fingerprint density at radius 2 is 2.50 bits per heavy atom. The largest absolute Gasteiger partial charge is 0.356 e. The fourth-order valence-corrected chi connectivity index (χ4v) is 1.23. The summed E-state index contributed by atoms with van der Waals surface area (Å²) in [5.41, 5.74) is 0. The van der Waals surface area contributed by atoms with Gasteiger partial charge in [-0.2, -0.15) is 12.6 Å². The van der Waals surface area contributed by atoms with E-state index in [4.69, 9.17) is 0 Å². The topological polar surface area (TPSA) is 58.2 Å². The van der Waals surface area contributed by atoms with Crippen LogP contribution in [-0.4, -0.2) is 30.7 Å². The van der Waals surface area contributed by atoms with Crippen molar-refractivity contribution in [1.29, 1.82) is 0 Å². The highest BCUT2D eigenvalue weighted by Crippen LogP contribution is 2.06. The van der Waals surface area contributed by atoms with Crippen LogP contribution in [0.3, 0.4) is 0 Å². The van der Waals surface area contributed by atoms with Gasteiger partial charge in [-0.05, 0) is 0 Å². The molecule has 1 aliphatic heterocycles. The quantitative estimate of drug-likeness (QED) is 0.506. The molecule has 1 aliphatic rings. The molecule has 5 heteroatoms. The molecule has 0 aliphatic carbocycles. The normalized spacial score (nSPS) is 22.1. The van der Waals surface area contributed by atoms with Crippen molar-refractivity contribution in [2.75, 3.05) is 18.8 Å². The molecule has 2 N–H and O–H groups in total. The minimum atomic E-state index is -0.0855. The molecule has 1 atom stereocenters. The van der Waals surface area contributed by atoms with Crippen LogP contribution in [0.1, 0.15) is 6.42 Å². The van der Waals surface area contributed by atoms with Crippen LogP contribution >= 0.6 is 12.6 Å². The van der Waals surface area contributed by atoms with Gasteiger partial charge >= 0.3 is 0 Å². The monoisotopic (exact) mass is 188 g/mol. The molecular weight excluding hydrogens is 176 g/mol. The highest BCUT2D eigenvalue weighted by molar-refractivity contribution is 7.81. The second-order valence-electron chi connectivity index (χ2n) is 2.84. The Hall–Kier alpha value is -0.710. The molecule has 0 aromatic rings. The predicted molar refractivity (Wildman–Crippen MR) is 48.0 cm³/mol. The molecule has 0 aromatic carbocycles. The van der Waals surface area contributed by atoms with Crippen molar-refractivity contribution in [2.24, 2.45) is 5.92 Å². The van der Waals surface area contributed by atoms with Gasteiger partial charge in [0, 0.05) is 25.4 Å². The van der Waals surface area contributed by atoms with E-state index in [2.05, 4.69) is 23.3 Å². The van der Waals surface area contributed by atoms with Crippen LogP contribution in [0.25, 0.3) is 0 Å². The summed E-state index contributed by atoms with van der Waals surface area (Å²) in [5, 5.41) is 5.39. The number of carbonyl (C=O) groups is 2. The van der Waals surface area contributed by atoms with Crippen LogP contribution in [0.5, 0.6) is 0 Å². The Kier molecular flexibility index (Phi) is 3.40. The molecular formula is C7H12N2O2S. The van der Waals surface area contributed by atoms with E-state index in [-0.39, 0.29) is 23.5 Å². The van der Waals surface area contributed by atoms with Crippen molar-refractivity contribution in [1.82, 2.24) is 10.6 Å². The van der Waals surface area contributed by atoms with Gasteiger partial charge < -0.3 is 10.6 Å². The van der Waals surface area contributed by atoms with Crippen LogP contribution in [0.15, 0.2) is 0 Å². The first-order chi connectivity index (χ1) is 5.72. The molecule has 12 heavy (non-hydrogen) atoms. The number of thiol groups is 1. The van der Waals surface area contributed by atoms with E-state index >= 15 is 0 Å². The predicted octanol–water partition coefficient (Wildman–Crippen LogP) is -0.832. The zero-order valence-corrected chi connectivity index (χ0v) is 7.56. The number of rotatable bonds is 3. The fraction of sp³-hybridized carbons (Fsp3) is 0.714. The first-order valence-corrected chi connectivity index (χ1v) is 4.50. The van der Waals surface area contributed by atoms with Gasteiger partial charge in [0.2, 0.25) is 11.8 Å². The maximum atomic E-state index is 10.8. The number of hydrogen-bond acceptors (Lipinski definition) is 3. The van der Waals surface area contributed by atoms with E-state index in [9.17, 15) is 9.59 Å².